The molecule has 7 heteroatoms. The predicted octanol–water partition coefficient (Wildman–Crippen LogP) is -2.30. The van der Waals surface area contributed by atoms with Gasteiger partial charge in [-0.2, -0.15) is 0 Å². The fraction of sp³-hybridized carbons (Fsp3) is 0.667. The van der Waals surface area contributed by atoms with Gasteiger partial charge in [-0.15, -0.1) is 0 Å². The zero-order valence-electron chi connectivity index (χ0n) is 7.30. The highest BCUT2D eigenvalue weighted by Crippen LogP contribution is 1.98. The fourth-order valence-electron chi connectivity index (χ4n) is 0.715. The van der Waals surface area contributed by atoms with Crippen LogP contribution in [0.25, 0.3) is 0 Å². The largest absolute Gasteiger partial charge is 0.412 e. The lowest BCUT2D eigenvalue weighted by Gasteiger charge is -1.99. The van der Waals surface area contributed by atoms with Gasteiger partial charge in [-0.05, 0) is 12.8 Å². The Kier molecular flexibility index (Phi) is 9.84. The van der Waals surface area contributed by atoms with Crippen LogP contribution in [0.5, 0.6) is 0 Å². The van der Waals surface area contributed by atoms with Crippen molar-refractivity contribution in [1.82, 2.24) is 10.9 Å². The molecule has 0 aromatic heterocycles. The number of hydrazine groups is 2. The van der Waals surface area contributed by atoms with Gasteiger partial charge in [0.1, 0.15) is 0 Å². The number of unbranched alkanes of at least 4 members (excludes halogenated alkanes) is 1. The van der Waals surface area contributed by atoms with Crippen molar-refractivity contribution in [3.05, 3.63) is 0 Å². The molecule has 0 radical (unpaired) electrons. The average Bonchev–Trinajstić information content (AvgIpc) is 2.11. The Hall–Kier alpha value is -1.18. The van der Waals surface area contributed by atoms with Crippen LogP contribution in [0.1, 0.15) is 25.7 Å². The number of amides is 2. The van der Waals surface area contributed by atoms with E-state index in [1.54, 1.807) is 0 Å². The number of rotatable bonds is 5. The van der Waals surface area contributed by atoms with E-state index in [1.807, 2.05) is 10.9 Å². The van der Waals surface area contributed by atoms with Crippen LogP contribution >= 0.6 is 0 Å². The van der Waals surface area contributed by atoms with Gasteiger partial charge in [-0.3, -0.25) is 20.4 Å². The van der Waals surface area contributed by atoms with E-state index >= 15 is 0 Å². The fourth-order valence-corrected chi connectivity index (χ4v) is 0.715. The van der Waals surface area contributed by atoms with E-state index < -0.39 is 0 Å². The van der Waals surface area contributed by atoms with Gasteiger partial charge in [0, 0.05) is 12.8 Å². The molecule has 0 saturated heterocycles. The maximum Gasteiger partial charge on any atom is 0.233 e. The second kappa shape index (κ2) is 8.91. The van der Waals surface area contributed by atoms with Crippen molar-refractivity contribution in [3.63, 3.8) is 0 Å². The first-order valence-electron chi connectivity index (χ1n) is 3.69. The molecule has 0 aliphatic carbocycles. The molecule has 0 aromatic rings. The van der Waals surface area contributed by atoms with Crippen molar-refractivity contribution in [2.24, 2.45) is 11.7 Å². The molecule has 0 aromatic carbocycles. The smallest absolute Gasteiger partial charge is 0.233 e. The first kappa shape index (κ1) is 14.3. The highest BCUT2D eigenvalue weighted by molar-refractivity contribution is 5.76. The third-order valence-electron chi connectivity index (χ3n) is 1.38. The van der Waals surface area contributed by atoms with Crippen LogP contribution in [0.2, 0.25) is 0 Å². The lowest BCUT2D eigenvalue weighted by atomic mass is 10.2. The van der Waals surface area contributed by atoms with Crippen LogP contribution in [0.4, 0.5) is 0 Å². The van der Waals surface area contributed by atoms with Crippen molar-refractivity contribution >= 4 is 11.8 Å². The standard InChI is InChI=1S/C6H14N4O2.H2O/c7-9-5(11)3-1-2-4-6(12)10-8;/h1-4,7-8H2,(H,9,11)(H,10,12);1H2. The van der Waals surface area contributed by atoms with Gasteiger partial charge in [0.15, 0.2) is 0 Å². The molecule has 2 amide bonds. The predicted molar refractivity (Wildman–Crippen MR) is 46.7 cm³/mol. The second-order valence-corrected chi connectivity index (χ2v) is 2.34. The van der Waals surface area contributed by atoms with E-state index in [0.717, 1.165) is 0 Å². The van der Waals surface area contributed by atoms with Gasteiger partial charge in [0.05, 0.1) is 0 Å². The summed E-state index contributed by atoms with van der Waals surface area (Å²) in [5, 5.41) is 0. The molecule has 8 N–H and O–H groups in total. The van der Waals surface area contributed by atoms with E-state index in [1.165, 1.54) is 0 Å². The molecule has 0 atom stereocenters. The molecular weight excluding hydrogens is 176 g/mol. The topological polar surface area (TPSA) is 142 Å². The van der Waals surface area contributed by atoms with Gasteiger partial charge in [0.2, 0.25) is 11.8 Å². The quantitative estimate of drug-likeness (QED) is 0.168. The summed E-state index contributed by atoms with van der Waals surface area (Å²) >= 11 is 0. The molecule has 7 nitrogen and oxygen atoms in total. The van der Waals surface area contributed by atoms with Gasteiger partial charge in [-0.1, -0.05) is 0 Å². The maximum atomic E-state index is 10.6. The Morgan fingerprint density at radius 2 is 1.23 bits per heavy atom. The molecule has 0 spiro atoms. The van der Waals surface area contributed by atoms with E-state index in [2.05, 4.69) is 0 Å². The van der Waals surface area contributed by atoms with Crippen molar-refractivity contribution in [2.75, 3.05) is 0 Å². The molecule has 0 aliphatic heterocycles. The molecule has 13 heavy (non-hydrogen) atoms. The summed E-state index contributed by atoms with van der Waals surface area (Å²) in [6.07, 6.45) is 1.95. The highest BCUT2D eigenvalue weighted by atomic mass is 16.2. The Morgan fingerprint density at radius 1 is 0.923 bits per heavy atom. The van der Waals surface area contributed by atoms with Crippen molar-refractivity contribution in [3.8, 4) is 0 Å². The van der Waals surface area contributed by atoms with Crippen LogP contribution in [-0.4, -0.2) is 17.3 Å². The zero-order chi connectivity index (χ0) is 9.40. The van der Waals surface area contributed by atoms with Crippen LogP contribution in [0.15, 0.2) is 0 Å². The van der Waals surface area contributed by atoms with E-state index in [0.29, 0.717) is 25.7 Å². The Morgan fingerprint density at radius 3 is 1.46 bits per heavy atom. The summed E-state index contributed by atoms with van der Waals surface area (Å²) in [5.41, 5.74) is 4.01. The van der Waals surface area contributed by atoms with Gasteiger partial charge in [-0.25, -0.2) is 11.7 Å². The number of nitrogens with two attached hydrogens (primary N) is 2. The zero-order valence-corrected chi connectivity index (χ0v) is 7.30. The van der Waals surface area contributed by atoms with Crippen molar-refractivity contribution in [2.45, 2.75) is 25.7 Å². The van der Waals surface area contributed by atoms with Gasteiger partial charge in [0.25, 0.3) is 0 Å². The van der Waals surface area contributed by atoms with E-state index in [4.69, 9.17) is 11.7 Å². The lowest BCUT2D eigenvalue weighted by Crippen LogP contribution is -2.30. The maximum absolute atomic E-state index is 10.6. The molecule has 0 heterocycles. The molecule has 0 rings (SSSR count). The summed E-state index contributed by atoms with van der Waals surface area (Å²) in [6, 6.07) is 0. The van der Waals surface area contributed by atoms with Crippen LogP contribution in [0.3, 0.4) is 0 Å². The number of carbonyl (C=O) groups excluding carboxylic acids is 2. The molecule has 0 saturated carbocycles. The molecular formula is C6H16N4O3. The summed E-state index contributed by atoms with van der Waals surface area (Å²) in [5.74, 6) is 9.24. The normalized spacial score (nSPS) is 8.46. The third-order valence-corrected chi connectivity index (χ3v) is 1.38. The Labute approximate surface area is 76.1 Å². The number of hydrogen-bond donors (Lipinski definition) is 4. The SMILES string of the molecule is NNC(=O)CCCCC(=O)NN.O. The molecule has 78 valence electrons. The minimum absolute atomic E-state index is 0. The molecule has 0 aliphatic rings. The monoisotopic (exact) mass is 192 g/mol. The molecule has 0 bridgehead atoms. The molecule has 0 fully saturated rings. The minimum atomic E-state index is -0.219. The van der Waals surface area contributed by atoms with Crippen LogP contribution in [-0.2, 0) is 9.59 Å². The highest BCUT2D eigenvalue weighted by Gasteiger charge is 2.00. The van der Waals surface area contributed by atoms with E-state index in [-0.39, 0.29) is 17.3 Å². The van der Waals surface area contributed by atoms with Crippen molar-refractivity contribution in [1.29, 1.82) is 0 Å². The minimum Gasteiger partial charge on any atom is -0.412 e. The third kappa shape index (κ3) is 8.73. The number of hydrogen-bond acceptors (Lipinski definition) is 4. The summed E-state index contributed by atoms with van der Waals surface area (Å²) in [6.45, 7) is 0. The lowest BCUT2D eigenvalue weighted by molar-refractivity contribution is -0.123. The molecule has 0 unspecified atom stereocenters. The number of nitrogens with one attached hydrogen (secondary N) is 2. The van der Waals surface area contributed by atoms with Gasteiger partial charge >= 0.3 is 0 Å². The second-order valence-electron chi connectivity index (χ2n) is 2.34. The summed E-state index contributed by atoms with van der Waals surface area (Å²) in [4.78, 5) is 21.1. The summed E-state index contributed by atoms with van der Waals surface area (Å²) in [7, 11) is 0. The van der Waals surface area contributed by atoms with Crippen LogP contribution in [0, 0.1) is 0 Å². The summed E-state index contributed by atoms with van der Waals surface area (Å²) < 4.78 is 0. The first-order chi connectivity index (χ1) is 5.70. The van der Waals surface area contributed by atoms with Crippen LogP contribution < -0.4 is 22.5 Å². The van der Waals surface area contributed by atoms with Gasteiger partial charge < -0.3 is 5.48 Å². The van der Waals surface area contributed by atoms with Crippen molar-refractivity contribution < 1.29 is 15.1 Å². The average molecular weight is 192 g/mol. The number of carbonyl (C=O) groups is 2. The van der Waals surface area contributed by atoms with E-state index in [9.17, 15) is 9.59 Å². The Balaban J connectivity index is 0. The first-order valence-corrected chi connectivity index (χ1v) is 3.69. The Bertz CT molecular complexity index is 144.